The summed E-state index contributed by atoms with van der Waals surface area (Å²) in [6, 6.07) is 10.8. The standard InChI is InChI=1S/C19H21FN4O/c1-25-18-6-5-16-19(23-18)22-17(21-16)12-24-9-7-13(8-10-24)14-3-2-4-15(20)11-14/h2-6,11,13H,7-10,12H2,1H3,(H,21,22,23). The van der Waals surface area contributed by atoms with Crippen molar-refractivity contribution in [2.24, 2.45) is 0 Å². The number of hydrogen-bond donors (Lipinski definition) is 1. The van der Waals surface area contributed by atoms with Gasteiger partial charge in [-0.2, -0.15) is 4.98 Å². The molecule has 0 aliphatic carbocycles. The van der Waals surface area contributed by atoms with Gasteiger partial charge in [0.05, 0.1) is 19.2 Å². The zero-order chi connectivity index (χ0) is 17.2. The molecular weight excluding hydrogens is 319 g/mol. The number of aromatic amines is 1. The second-order valence-corrected chi connectivity index (χ2v) is 6.51. The molecule has 3 aromatic rings. The molecule has 0 radical (unpaired) electrons. The lowest BCUT2D eigenvalue weighted by molar-refractivity contribution is 0.201. The Kier molecular flexibility index (Phi) is 4.36. The second-order valence-electron chi connectivity index (χ2n) is 6.51. The maximum Gasteiger partial charge on any atom is 0.215 e. The van der Waals surface area contributed by atoms with E-state index < -0.39 is 0 Å². The van der Waals surface area contributed by atoms with E-state index in [1.807, 2.05) is 18.2 Å². The van der Waals surface area contributed by atoms with E-state index in [1.165, 1.54) is 6.07 Å². The Bertz CT molecular complexity index is 871. The molecule has 6 heteroatoms. The van der Waals surface area contributed by atoms with Gasteiger partial charge in [-0.05, 0) is 55.6 Å². The highest BCUT2D eigenvalue weighted by molar-refractivity contribution is 5.71. The van der Waals surface area contributed by atoms with Crippen LogP contribution < -0.4 is 4.74 Å². The van der Waals surface area contributed by atoms with Crippen LogP contribution in [0.1, 0.15) is 30.1 Å². The minimum absolute atomic E-state index is 0.148. The number of H-pyrrole nitrogens is 1. The van der Waals surface area contributed by atoms with Crippen molar-refractivity contribution in [1.82, 2.24) is 19.9 Å². The molecule has 0 amide bonds. The molecule has 0 saturated carbocycles. The summed E-state index contributed by atoms with van der Waals surface area (Å²) in [4.78, 5) is 14.6. The number of nitrogens with one attached hydrogen (secondary N) is 1. The molecule has 0 bridgehead atoms. The Hall–Kier alpha value is -2.47. The number of nitrogens with zero attached hydrogens (tertiary/aromatic N) is 3. The van der Waals surface area contributed by atoms with Crippen LogP contribution in [-0.2, 0) is 6.54 Å². The molecular formula is C19H21FN4O. The maximum atomic E-state index is 13.4. The first-order chi connectivity index (χ1) is 12.2. The number of methoxy groups -OCH3 is 1. The van der Waals surface area contributed by atoms with E-state index in [-0.39, 0.29) is 5.82 Å². The summed E-state index contributed by atoms with van der Waals surface area (Å²) in [5.41, 5.74) is 2.72. The van der Waals surface area contributed by atoms with Gasteiger partial charge in [0.1, 0.15) is 11.6 Å². The largest absolute Gasteiger partial charge is 0.481 e. The average molecular weight is 340 g/mol. The highest BCUT2D eigenvalue weighted by Crippen LogP contribution is 2.29. The molecule has 3 heterocycles. The quantitative estimate of drug-likeness (QED) is 0.790. The summed E-state index contributed by atoms with van der Waals surface area (Å²) < 4.78 is 18.5. The van der Waals surface area contributed by atoms with E-state index >= 15 is 0 Å². The van der Waals surface area contributed by atoms with E-state index in [1.54, 1.807) is 19.2 Å². The van der Waals surface area contributed by atoms with Gasteiger partial charge >= 0.3 is 0 Å². The molecule has 1 fully saturated rings. The van der Waals surface area contributed by atoms with E-state index in [4.69, 9.17) is 4.74 Å². The van der Waals surface area contributed by atoms with Gasteiger partial charge in [-0.1, -0.05) is 12.1 Å². The van der Waals surface area contributed by atoms with E-state index in [9.17, 15) is 4.39 Å². The van der Waals surface area contributed by atoms with Crippen LogP contribution in [0.4, 0.5) is 4.39 Å². The monoisotopic (exact) mass is 340 g/mol. The van der Waals surface area contributed by atoms with Gasteiger partial charge in [0.25, 0.3) is 0 Å². The average Bonchev–Trinajstić information content (AvgIpc) is 3.03. The number of imidazole rings is 1. The van der Waals surface area contributed by atoms with Crippen molar-refractivity contribution in [2.45, 2.75) is 25.3 Å². The van der Waals surface area contributed by atoms with Gasteiger partial charge in [0, 0.05) is 6.07 Å². The van der Waals surface area contributed by atoms with Crippen LogP contribution >= 0.6 is 0 Å². The first kappa shape index (κ1) is 16.0. The van der Waals surface area contributed by atoms with Crippen molar-refractivity contribution in [1.29, 1.82) is 0 Å². The molecule has 25 heavy (non-hydrogen) atoms. The molecule has 0 atom stereocenters. The molecule has 0 unspecified atom stereocenters. The number of piperidine rings is 1. The Morgan fingerprint density at radius 1 is 1.20 bits per heavy atom. The lowest BCUT2D eigenvalue weighted by Crippen LogP contribution is -2.32. The molecule has 1 saturated heterocycles. The Labute approximate surface area is 145 Å². The minimum Gasteiger partial charge on any atom is -0.481 e. The van der Waals surface area contributed by atoms with Crippen LogP contribution in [0, 0.1) is 5.82 Å². The molecule has 0 spiro atoms. The fourth-order valence-electron chi connectivity index (χ4n) is 3.51. The van der Waals surface area contributed by atoms with Gasteiger partial charge < -0.3 is 9.72 Å². The van der Waals surface area contributed by atoms with Crippen molar-refractivity contribution >= 4 is 11.2 Å². The molecule has 1 aromatic carbocycles. The van der Waals surface area contributed by atoms with Crippen LogP contribution in [0.25, 0.3) is 11.2 Å². The summed E-state index contributed by atoms with van der Waals surface area (Å²) in [7, 11) is 1.60. The van der Waals surface area contributed by atoms with Crippen molar-refractivity contribution in [3.05, 3.63) is 53.6 Å². The van der Waals surface area contributed by atoms with Crippen LogP contribution in [0.3, 0.4) is 0 Å². The summed E-state index contributed by atoms with van der Waals surface area (Å²) in [5, 5.41) is 0. The predicted octanol–water partition coefficient (Wildman–Crippen LogP) is 3.49. The van der Waals surface area contributed by atoms with Crippen LogP contribution in [0.2, 0.25) is 0 Å². The van der Waals surface area contributed by atoms with Gasteiger partial charge in [-0.15, -0.1) is 0 Å². The van der Waals surface area contributed by atoms with E-state index in [0.29, 0.717) is 17.4 Å². The molecule has 1 aliphatic heterocycles. The van der Waals surface area contributed by atoms with Crippen LogP contribution in [0.5, 0.6) is 5.88 Å². The van der Waals surface area contributed by atoms with Gasteiger partial charge in [-0.3, -0.25) is 4.90 Å². The number of aromatic nitrogens is 3. The minimum atomic E-state index is -0.148. The summed E-state index contributed by atoms with van der Waals surface area (Å²) in [5.74, 6) is 1.78. The number of likely N-dealkylation sites (tertiary alicyclic amines) is 1. The van der Waals surface area contributed by atoms with E-state index in [2.05, 4.69) is 19.9 Å². The number of rotatable bonds is 4. The third-order valence-electron chi connectivity index (χ3n) is 4.86. The molecule has 1 aliphatic rings. The zero-order valence-electron chi connectivity index (χ0n) is 14.2. The Morgan fingerprint density at radius 3 is 2.80 bits per heavy atom. The van der Waals surface area contributed by atoms with Crippen molar-refractivity contribution in [2.75, 3.05) is 20.2 Å². The van der Waals surface area contributed by atoms with Crippen LogP contribution in [0.15, 0.2) is 36.4 Å². The maximum absolute atomic E-state index is 13.4. The van der Waals surface area contributed by atoms with Crippen molar-refractivity contribution in [3.8, 4) is 5.88 Å². The number of halogens is 1. The topological polar surface area (TPSA) is 54.0 Å². The van der Waals surface area contributed by atoms with Gasteiger partial charge in [0.2, 0.25) is 5.88 Å². The first-order valence-corrected chi connectivity index (χ1v) is 8.59. The molecule has 2 aromatic heterocycles. The normalized spacial score (nSPS) is 16.4. The highest BCUT2D eigenvalue weighted by Gasteiger charge is 2.21. The van der Waals surface area contributed by atoms with Crippen molar-refractivity contribution in [3.63, 3.8) is 0 Å². The number of hydrogen-bond acceptors (Lipinski definition) is 4. The predicted molar refractivity (Wildman–Crippen MR) is 94.1 cm³/mol. The Morgan fingerprint density at radius 2 is 2.04 bits per heavy atom. The van der Waals surface area contributed by atoms with E-state index in [0.717, 1.165) is 49.4 Å². The third-order valence-corrected chi connectivity index (χ3v) is 4.86. The molecule has 1 N–H and O–H groups in total. The highest BCUT2D eigenvalue weighted by atomic mass is 19.1. The molecule has 4 rings (SSSR count). The van der Waals surface area contributed by atoms with Crippen molar-refractivity contribution < 1.29 is 9.13 Å². The molecule has 130 valence electrons. The van der Waals surface area contributed by atoms with Gasteiger partial charge in [0.15, 0.2) is 5.65 Å². The number of ether oxygens (including phenoxy) is 1. The number of benzene rings is 1. The second kappa shape index (κ2) is 6.80. The Balaban J connectivity index is 1.40. The summed E-state index contributed by atoms with van der Waals surface area (Å²) in [6.45, 7) is 2.73. The summed E-state index contributed by atoms with van der Waals surface area (Å²) in [6.07, 6.45) is 2.07. The lowest BCUT2D eigenvalue weighted by Gasteiger charge is -2.31. The fourth-order valence-corrected chi connectivity index (χ4v) is 3.51. The van der Waals surface area contributed by atoms with Crippen LogP contribution in [-0.4, -0.2) is 40.1 Å². The summed E-state index contributed by atoms with van der Waals surface area (Å²) >= 11 is 0. The van der Waals surface area contributed by atoms with Gasteiger partial charge in [-0.25, -0.2) is 9.37 Å². The third kappa shape index (κ3) is 3.49. The number of pyridine rings is 1. The number of fused-ring (bicyclic) bond motifs is 1. The molecule has 5 nitrogen and oxygen atoms in total. The zero-order valence-corrected chi connectivity index (χ0v) is 14.2. The SMILES string of the molecule is COc1ccc2[nH]c(CN3CCC(c4cccc(F)c4)CC3)nc2n1. The fraction of sp³-hybridized carbons (Fsp3) is 0.368. The first-order valence-electron chi connectivity index (χ1n) is 8.59. The smallest absolute Gasteiger partial charge is 0.215 e. The lowest BCUT2D eigenvalue weighted by atomic mass is 9.89.